The van der Waals surface area contributed by atoms with Crippen molar-refractivity contribution in [3.8, 4) is 0 Å². The molecule has 3 N–H and O–H groups in total. The van der Waals surface area contributed by atoms with Gasteiger partial charge in [0.15, 0.2) is 5.96 Å². The highest BCUT2D eigenvalue weighted by atomic mass is 32.2. The number of rotatable bonds is 8. The van der Waals surface area contributed by atoms with Crippen LogP contribution in [-0.4, -0.2) is 59.0 Å². The van der Waals surface area contributed by atoms with Crippen molar-refractivity contribution in [3.05, 3.63) is 0 Å². The number of nitrogens with one attached hydrogen (secondary N) is 3. The molecule has 0 bridgehead atoms. The van der Waals surface area contributed by atoms with Crippen LogP contribution in [0.3, 0.4) is 0 Å². The molecule has 0 aromatic carbocycles. The highest BCUT2D eigenvalue weighted by molar-refractivity contribution is 7.88. The number of aliphatic imine (C=N–C) groups is 1. The summed E-state index contributed by atoms with van der Waals surface area (Å²) in [6.45, 7) is 6.36. The van der Waals surface area contributed by atoms with Crippen LogP contribution < -0.4 is 15.4 Å². The fourth-order valence-corrected chi connectivity index (χ4v) is 4.43. The van der Waals surface area contributed by atoms with Gasteiger partial charge in [0.05, 0.1) is 18.9 Å². The van der Waals surface area contributed by atoms with Gasteiger partial charge in [-0.25, -0.2) is 13.1 Å². The van der Waals surface area contributed by atoms with E-state index in [4.69, 9.17) is 4.74 Å². The lowest BCUT2D eigenvalue weighted by Crippen LogP contribution is -2.65. The van der Waals surface area contributed by atoms with Crippen LogP contribution in [0.1, 0.15) is 46.0 Å². The van der Waals surface area contributed by atoms with E-state index in [1.165, 1.54) is 25.7 Å². The molecule has 0 radical (unpaired) electrons. The van der Waals surface area contributed by atoms with Crippen LogP contribution in [0.4, 0.5) is 0 Å². The Kier molecular flexibility index (Phi) is 6.88. The molecule has 24 heavy (non-hydrogen) atoms. The quantitative estimate of drug-likeness (QED) is 0.339. The fourth-order valence-electron chi connectivity index (χ4n) is 3.97. The maximum atomic E-state index is 11.1. The number of hydrogen-bond acceptors (Lipinski definition) is 4. The molecule has 0 aliphatic heterocycles. The molecule has 2 fully saturated rings. The summed E-state index contributed by atoms with van der Waals surface area (Å²) in [7, 11) is -3.16. The van der Waals surface area contributed by atoms with Gasteiger partial charge in [-0.05, 0) is 33.1 Å². The third-order valence-electron chi connectivity index (χ3n) is 5.09. The van der Waals surface area contributed by atoms with Gasteiger partial charge in [-0.15, -0.1) is 0 Å². The Labute approximate surface area is 146 Å². The first-order chi connectivity index (χ1) is 11.4. The molecular formula is C16H32N4O3S. The minimum Gasteiger partial charge on any atom is -0.378 e. The second-order valence-corrected chi connectivity index (χ2v) is 8.58. The van der Waals surface area contributed by atoms with E-state index in [1.54, 1.807) is 0 Å². The Balaban J connectivity index is 1.92. The van der Waals surface area contributed by atoms with E-state index in [0.717, 1.165) is 31.8 Å². The zero-order valence-electron chi connectivity index (χ0n) is 15.1. The number of sulfonamides is 1. The van der Waals surface area contributed by atoms with Crippen molar-refractivity contribution >= 4 is 16.0 Å². The summed E-state index contributed by atoms with van der Waals surface area (Å²) in [5.41, 5.74) is 0.247. The molecule has 7 nitrogen and oxygen atoms in total. The molecule has 0 saturated heterocycles. The Morgan fingerprint density at radius 2 is 2.00 bits per heavy atom. The van der Waals surface area contributed by atoms with Crippen LogP contribution in [-0.2, 0) is 14.8 Å². The van der Waals surface area contributed by atoms with Crippen molar-refractivity contribution < 1.29 is 13.2 Å². The Bertz CT molecular complexity index is 529. The van der Waals surface area contributed by atoms with E-state index in [9.17, 15) is 8.42 Å². The summed E-state index contributed by atoms with van der Waals surface area (Å²) in [4.78, 5) is 4.49. The number of guanidine groups is 1. The molecule has 2 rings (SSSR count). The van der Waals surface area contributed by atoms with Crippen molar-refractivity contribution in [2.24, 2.45) is 10.4 Å². The zero-order valence-corrected chi connectivity index (χ0v) is 15.9. The number of ether oxygens (including phenoxy) is 1. The van der Waals surface area contributed by atoms with Gasteiger partial charge in [-0.3, -0.25) is 4.99 Å². The van der Waals surface area contributed by atoms with Crippen LogP contribution in [0.2, 0.25) is 0 Å². The molecule has 2 saturated carbocycles. The summed E-state index contributed by atoms with van der Waals surface area (Å²) in [5, 5.41) is 6.81. The molecule has 2 unspecified atom stereocenters. The normalized spacial score (nSPS) is 26.4. The van der Waals surface area contributed by atoms with Gasteiger partial charge < -0.3 is 15.4 Å². The molecule has 2 aliphatic carbocycles. The van der Waals surface area contributed by atoms with Gasteiger partial charge in [0.2, 0.25) is 10.0 Å². The molecule has 2 aliphatic rings. The lowest BCUT2D eigenvalue weighted by Gasteiger charge is -2.54. The largest absolute Gasteiger partial charge is 0.378 e. The van der Waals surface area contributed by atoms with Crippen molar-refractivity contribution in [1.29, 1.82) is 0 Å². The molecular weight excluding hydrogens is 328 g/mol. The van der Waals surface area contributed by atoms with Gasteiger partial charge >= 0.3 is 0 Å². The highest BCUT2D eigenvalue weighted by Crippen LogP contribution is 2.54. The van der Waals surface area contributed by atoms with Crippen LogP contribution in [0, 0.1) is 5.41 Å². The average Bonchev–Trinajstić information content (AvgIpc) is 3.02. The number of hydrogen-bond donors (Lipinski definition) is 3. The predicted octanol–water partition coefficient (Wildman–Crippen LogP) is 0.829. The van der Waals surface area contributed by atoms with Crippen LogP contribution >= 0.6 is 0 Å². The van der Waals surface area contributed by atoms with E-state index >= 15 is 0 Å². The van der Waals surface area contributed by atoms with E-state index in [2.05, 4.69) is 27.3 Å². The Morgan fingerprint density at radius 1 is 1.29 bits per heavy atom. The summed E-state index contributed by atoms with van der Waals surface area (Å²) < 4.78 is 30.6. The summed E-state index contributed by atoms with van der Waals surface area (Å²) in [6, 6.07) is 0.386. The topological polar surface area (TPSA) is 91.8 Å². The minimum atomic E-state index is -3.16. The van der Waals surface area contributed by atoms with E-state index in [0.29, 0.717) is 25.2 Å². The van der Waals surface area contributed by atoms with E-state index in [-0.39, 0.29) is 5.41 Å². The second-order valence-electron chi connectivity index (χ2n) is 6.74. The molecule has 0 aromatic rings. The third-order valence-corrected chi connectivity index (χ3v) is 5.82. The predicted molar refractivity (Wildman–Crippen MR) is 96.7 cm³/mol. The second kappa shape index (κ2) is 8.49. The van der Waals surface area contributed by atoms with Crippen molar-refractivity contribution in [2.45, 2.75) is 58.1 Å². The first-order valence-electron chi connectivity index (χ1n) is 9.02. The van der Waals surface area contributed by atoms with Gasteiger partial charge in [-0.2, -0.15) is 0 Å². The number of nitrogens with zero attached hydrogens (tertiary/aromatic N) is 1. The average molecular weight is 361 g/mol. The highest BCUT2D eigenvalue weighted by Gasteiger charge is 2.56. The van der Waals surface area contributed by atoms with Crippen LogP contribution in [0.5, 0.6) is 0 Å². The fraction of sp³-hybridized carbons (Fsp3) is 0.938. The molecule has 1 spiro atoms. The molecule has 8 heteroatoms. The lowest BCUT2D eigenvalue weighted by atomic mass is 9.60. The lowest BCUT2D eigenvalue weighted by molar-refractivity contribution is -0.125. The monoisotopic (exact) mass is 360 g/mol. The summed E-state index contributed by atoms with van der Waals surface area (Å²) >= 11 is 0. The van der Waals surface area contributed by atoms with Gasteiger partial charge in [-0.1, -0.05) is 12.8 Å². The molecule has 0 heterocycles. The van der Waals surface area contributed by atoms with E-state index < -0.39 is 10.0 Å². The van der Waals surface area contributed by atoms with Gasteiger partial charge in [0.25, 0.3) is 0 Å². The SMILES string of the molecule is CCNC(=NCCNS(C)(=O)=O)NC1CC(OCC)C12CCCC2. The van der Waals surface area contributed by atoms with Gasteiger partial charge in [0, 0.05) is 31.2 Å². The van der Waals surface area contributed by atoms with Crippen molar-refractivity contribution in [3.63, 3.8) is 0 Å². The molecule has 140 valence electrons. The molecule has 0 amide bonds. The summed E-state index contributed by atoms with van der Waals surface area (Å²) in [6.07, 6.45) is 7.50. The first kappa shape index (κ1) is 19.5. The Hall–Kier alpha value is -0.860. The van der Waals surface area contributed by atoms with Crippen LogP contribution in [0.15, 0.2) is 4.99 Å². The zero-order chi connectivity index (χ0) is 17.6. The third kappa shape index (κ3) is 4.83. The van der Waals surface area contributed by atoms with Gasteiger partial charge in [0.1, 0.15) is 0 Å². The van der Waals surface area contributed by atoms with Crippen molar-refractivity contribution in [2.75, 3.05) is 32.5 Å². The standard InChI is InChI=1S/C16H32N4O3S/c1-4-17-15(18-10-11-19-24(3,21)22)20-13-12-14(23-5-2)16(13)8-6-7-9-16/h13-14,19H,4-12H2,1-3H3,(H2,17,18,20). The van der Waals surface area contributed by atoms with Crippen LogP contribution in [0.25, 0.3) is 0 Å². The molecule has 2 atom stereocenters. The summed E-state index contributed by atoms with van der Waals surface area (Å²) in [5.74, 6) is 0.763. The van der Waals surface area contributed by atoms with Crippen molar-refractivity contribution in [1.82, 2.24) is 15.4 Å². The maximum absolute atomic E-state index is 11.1. The Morgan fingerprint density at radius 3 is 2.58 bits per heavy atom. The molecule has 0 aromatic heterocycles. The minimum absolute atomic E-state index is 0.247. The van der Waals surface area contributed by atoms with E-state index in [1.807, 2.05) is 6.92 Å². The first-order valence-corrected chi connectivity index (χ1v) is 10.9. The maximum Gasteiger partial charge on any atom is 0.208 e. The smallest absolute Gasteiger partial charge is 0.208 e.